The number of nitrogens with zero attached hydrogens (tertiary/aromatic N) is 1. The van der Waals surface area contributed by atoms with Gasteiger partial charge in [-0.3, -0.25) is 0 Å². The van der Waals surface area contributed by atoms with Crippen molar-refractivity contribution < 1.29 is 5.11 Å². The van der Waals surface area contributed by atoms with Crippen LogP contribution in [-0.4, -0.2) is 28.3 Å². The number of hydrogen-bond donors (Lipinski definition) is 2. The summed E-state index contributed by atoms with van der Waals surface area (Å²) in [6, 6.07) is 7.00. The molecule has 0 aliphatic carbocycles. The maximum atomic E-state index is 9.54. The Bertz CT molecular complexity index is 350. The third-order valence-electron chi connectivity index (χ3n) is 2.51. The average molecular weight is 345 g/mol. The number of hydrogen-bond acceptors (Lipinski definition) is 3. The lowest BCUT2D eigenvalue weighted by atomic mass is 10.1. The van der Waals surface area contributed by atoms with E-state index in [9.17, 15) is 5.11 Å². The Morgan fingerprint density at radius 2 is 1.80 bits per heavy atom. The van der Waals surface area contributed by atoms with Crippen molar-refractivity contribution in [1.82, 2.24) is 10.3 Å². The summed E-state index contributed by atoms with van der Waals surface area (Å²) < 4.78 is 0.827. The summed E-state index contributed by atoms with van der Waals surface area (Å²) in [7, 11) is 0. The third-order valence-corrected chi connectivity index (χ3v) is 2.95. The fourth-order valence-electron chi connectivity index (χ4n) is 1.91. The van der Waals surface area contributed by atoms with Crippen molar-refractivity contribution in [2.24, 2.45) is 0 Å². The van der Waals surface area contributed by atoms with Crippen LogP contribution in [-0.2, 0) is 6.42 Å². The van der Waals surface area contributed by atoms with Crippen molar-refractivity contribution in [3.05, 3.63) is 28.5 Å². The molecule has 0 spiro atoms. The van der Waals surface area contributed by atoms with E-state index in [1.54, 1.807) is 0 Å². The monoisotopic (exact) mass is 344 g/mol. The summed E-state index contributed by atoms with van der Waals surface area (Å²) in [4.78, 5) is 4.25. The minimum Gasteiger partial charge on any atom is -0.393 e. The van der Waals surface area contributed by atoms with Crippen molar-refractivity contribution in [1.29, 1.82) is 0 Å². The molecule has 0 saturated carbocycles. The molecule has 20 heavy (non-hydrogen) atoms. The number of aliphatic hydroxyl groups excluding tert-OH is 1. The first-order valence-electron chi connectivity index (χ1n) is 7.40. The zero-order valence-corrected chi connectivity index (χ0v) is 14.9. The van der Waals surface area contributed by atoms with Gasteiger partial charge in [0.1, 0.15) is 4.60 Å². The van der Waals surface area contributed by atoms with Crippen molar-refractivity contribution in [2.75, 3.05) is 0 Å². The smallest absolute Gasteiger partial charge is 0.106 e. The highest BCUT2D eigenvalue weighted by molar-refractivity contribution is 9.10. The average Bonchev–Trinajstić information content (AvgIpc) is 2.27. The van der Waals surface area contributed by atoms with Crippen molar-refractivity contribution >= 4 is 15.9 Å². The second kappa shape index (κ2) is 11.2. The standard InChI is InChI=1S/C10H14BrNO.C6H15N/c1-2-4-9(13)7-8-5-3-6-10(11)12-8;1-5(2)7-6(3)4/h3,5-6,9,13H,2,4,7H2,1H3;5-7H,1-4H3. The third kappa shape index (κ3) is 11.4. The van der Waals surface area contributed by atoms with Gasteiger partial charge in [-0.1, -0.05) is 47.1 Å². The predicted molar refractivity (Wildman–Crippen MR) is 90.0 cm³/mol. The molecule has 1 atom stereocenters. The maximum absolute atomic E-state index is 9.54. The Labute approximate surface area is 132 Å². The van der Waals surface area contributed by atoms with Crippen molar-refractivity contribution in [2.45, 2.75) is 72.1 Å². The van der Waals surface area contributed by atoms with Crippen LogP contribution in [0.5, 0.6) is 0 Å². The molecule has 0 saturated heterocycles. The molecule has 0 amide bonds. The Morgan fingerprint density at radius 1 is 1.20 bits per heavy atom. The summed E-state index contributed by atoms with van der Waals surface area (Å²) in [5.41, 5.74) is 0.940. The molecule has 1 heterocycles. The van der Waals surface area contributed by atoms with Crippen LogP contribution < -0.4 is 5.32 Å². The van der Waals surface area contributed by atoms with Crippen LogP contribution in [0, 0.1) is 0 Å². The van der Waals surface area contributed by atoms with Gasteiger partial charge in [0.15, 0.2) is 0 Å². The minimum absolute atomic E-state index is 0.258. The zero-order chi connectivity index (χ0) is 15.5. The second-order valence-corrected chi connectivity index (χ2v) is 6.39. The molecular weight excluding hydrogens is 316 g/mol. The van der Waals surface area contributed by atoms with Gasteiger partial charge in [-0.25, -0.2) is 4.98 Å². The van der Waals surface area contributed by atoms with E-state index in [-0.39, 0.29) is 6.10 Å². The maximum Gasteiger partial charge on any atom is 0.106 e. The lowest BCUT2D eigenvalue weighted by Crippen LogP contribution is -2.29. The summed E-state index contributed by atoms with van der Waals surface area (Å²) in [5, 5.41) is 12.8. The fourth-order valence-corrected chi connectivity index (χ4v) is 2.29. The highest BCUT2D eigenvalue weighted by Crippen LogP contribution is 2.09. The van der Waals surface area contributed by atoms with E-state index in [4.69, 9.17) is 0 Å². The topological polar surface area (TPSA) is 45.1 Å². The van der Waals surface area contributed by atoms with Crippen LogP contribution >= 0.6 is 15.9 Å². The van der Waals surface area contributed by atoms with Gasteiger partial charge in [-0.2, -0.15) is 0 Å². The summed E-state index contributed by atoms with van der Waals surface area (Å²) in [6.45, 7) is 10.7. The van der Waals surface area contributed by atoms with Gasteiger partial charge >= 0.3 is 0 Å². The van der Waals surface area contributed by atoms with E-state index < -0.39 is 0 Å². The Balaban J connectivity index is 0.000000441. The Kier molecular flexibility index (Phi) is 11.0. The van der Waals surface area contributed by atoms with E-state index in [0.29, 0.717) is 18.5 Å². The molecule has 1 rings (SSSR count). The normalized spacial score (nSPS) is 12.2. The number of aromatic nitrogens is 1. The van der Waals surface area contributed by atoms with Crippen molar-refractivity contribution in [3.63, 3.8) is 0 Å². The zero-order valence-electron chi connectivity index (χ0n) is 13.4. The molecule has 2 N–H and O–H groups in total. The molecule has 4 heteroatoms. The summed E-state index contributed by atoms with van der Waals surface area (Å²) in [5.74, 6) is 0. The SMILES string of the molecule is CC(C)NC(C)C.CCCC(O)Cc1cccc(Br)n1. The number of rotatable bonds is 6. The van der Waals surface area contributed by atoms with E-state index in [1.807, 2.05) is 18.2 Å². The van der Waals surface area contributed by atoms with Gasteiger partial charge in [-0.05, 0) is 34.5 Å². The Hall–Kier alpha value is -0.450. The van der Waals surface area contributed by atoms with E-state index in [2.05, 4.69) is 60.8 Å². The molecule has 1 aromatic rings. The minimum atomic E-state index is -0.258. The lowest BCUT2D eigenvalue weighted by Gasteiger charge is -2.10. The van der Waals surface area contributed by atoms with Gasteiger partial charge in [0, 0.05) is 24.2 Å². The van der Waals surface area contributed by atoms with E-state index in [0.717, 1.165) is 23.1 Å². The first-order chi connectivity index (χ1) is 9.35. The summed E-state index contributed by atoms with van der Waals surface area (Å²) in [6.07, 6.45) is 2.24. The second-order valence-electron chi connectivity index (χ2n) is 5.57. The van der Waals surface area contributed by atoms with Crippen LogP contribution in [0.15, 0.2) is 22.8 Å². The van der Waals surface area contributed by atoms with E-state index in [1.165, 1.54) is 0 Å². The molecule has 3 nitrogen and oxygen atoms in total. The fraction of sp³-hybridized carbons (Fsp3) is 0.688. The lowest BCUT2D eigenvalue weighted by molar-refractivity contribution is 0.162. The first-order valence-corrected chi connectivity index (χ1v) is 8.20. The number of pyridine rings is 1. The molecule has 1 unspecified atom stereocenters. The summed E-state index contributed by atoms with van der Waals surface area (Å²) >= 11 is 3.30. The van der Waals surface area contributed by atoms with Crippen molar-refractivity contribution in [3.8, 4) is 0 Å². The molecule has 0 bridgehead atoms. The highest BCUT2D eigenvalue weighted by Gasteiger charge is 2.05. The van der Waals surface area contributed by atoms with Crippen LogP contribution in [0.1, 0.15) is 53.2 Å². The van der Waals surface area contributed by atoms with Gasteiger partial charge in [0.05, 0.1) is 6.10 Å². The van der Waals surface area contributed by atoms with E-state index >= 15 is 0 Å². The van der Waals surface area contributed by atoms with Crippen LogP contribution in [0.2, 0.25) is 0 Å². The highest BCUT2D eigenvalue weighted by atomic mass is 79.9. The van der Waals surface area contributed by atoms with Gasteiger partial charge in [-0.15, -0.1) is 0 Å². The molecular formula is C16H29BrN2O. The van der Waals surface area contributed by atoms with Gasteiger partial charge in [0.2, 0.25) is 0 Å². The molecule has 0 radical (unpaired) electrons. The van der Waals surface area contributed by atoms with Crippen LogP contribution in [0.25, 0.3) is 0 Å². The van der Waals surface area contributed by atoms with Gasteiger partial charge < -0.3 is 10.4 Å². The predicted octanol–water partition coefficient (Wildman–Crippen LogP) is 3.94. The van der Waals surface area contributed by atoms with Crippen LogP contribution in [0.3, 0.4) is 0 Å². The molecule has 0 aliphatic heterocycles. The quantitative estimate of drug-likeness (QED) is 0.768. The number of nitrogens with one attached hydrogen (secondary N) is 1. The molecule has 1 aromatic heterocycles. The molecule has 0 aromatic carbocycles. The Morgan fingerprint density at radius 3 is 2.20 bits per heavy atom. The number of aliphatic hydroxyl groups is 1. The molecule has 0 fully saturated rings. The first kappa shape index (κ1) is 19.6. The number of halogens is 1. The molecule has 116 valence electrons. The largest absolute Gasteiger partial charge is 0.393 e. The van der Waals surface area contributed by atoms with Gasteiger partial charge in [0.25, 0.3) is 0 Å². The van der Waals surface area contributed by atoms with Crippen LogP contribution in [0.4, 0.5) is 0 Å². The molecule has 0 aliphatic rings.